The Morgan fingerprint density at radius 1 is 0.911 bits per heavy atom. The molecule has 3 aromatic rings. The van der Waals surface area contributed by atoms with Crippen molar-refractivity contribution in [3.63, 3.8) is 0 Å². The number of phenols is 1. The van der Waals surface area contributed by atoms with Crippen LogP contribution in [-0.2, 0) is 16.9 Å². The van der Waals surface area contributed by atoms with Gasteiger partial charge in [-0.3, -0.25) is 24.1 Å². The first-order valence-electron chi connectivity index (χ1n) is 14.2. The largest absolute Gasteiger partial charge is 0.507 e. The van der Waals surface area contributed by atoms with E-state index in [4.69, 9.17) is 4.74 Å². The van der Waals surface area contributed by atoms with E-state index in [-0.39, 0.29) is 40.0 Å². The Labute approximate surface area is 255 Å². The Kier molecular flexibility index (Phi) is 5.41. The lowest BCUT2D eigenvalue weighted by atomic mass is 9.69. The summed E-state index contributed by atoms with van der Waals surface area (Å²) in [4.78, 5) is 55.1. The van der Waals surface area contributed by atoms with Gasteiger partial charge in [-0.05, 0) is 55.0 Å². The van der Waals surface area contributed by atoms with Crippen LogP contribution in [0, 0.1) is 23.7 Å². The van der Waals surface area contributed by atoms with E-state index in [1.54, 1.807) is 30.3 Å². The minimum absolute atomic E-state index is 0.00478. The fraction of sp³-hybridized carbons (Fsp3) is 0.200. The van der Waals surface area contributed by atoms with Crippen LogP contribution >= 0.6 is 0 Å². The van der Waals surface area contributed by atoms with E-state index in [9.17, 15) is 34.5 Å². The topological polar surface area (TPSA) is 157 Å². The van der Waals surface area contributed by atoms with Gasteiger partial charge >= 0.3 is 0 Å². The van der Waals surface area contributed by atoms with Crippen molar-refractivity contribution in [3.8, 4) is 29.4 Å². The smallest absolute Gasteiger partial charge is 0.261 e. The molecule has 0 aromatic heterocycles. The minimum Gasteiger partial charge on any atom is -0.507 e. The van der Waals surface area contributed by atoms with Crippen LogP contribution in [0.25, 0.3) is 0 Å². The van der Waals surface area contributed by atoms with Gasteiger partial charge in [0.2, 0.25) is 0 Å². The molecule has 45 heavy (non-hydrogen) atoms. The zero-order valence-electron chi connectivity index (χ0n) is 23.5. The van der Waals surface area contributed by atoms with Gasteiger partial charge in [0.05, 0.1) is 40.6 Å². The van der Waals surface area contributed by atoms with Crippen LogP contribution in [0.3, 0.4) is 0 Å². The van der Waals surface area contributed by atoms with E-state index in [0.29, 0.717) is 16.7 Å². The summed E-state index contributed by atoms with van der Waals surface area (Å²) >= 11 is 0. The number of amides is 2. The molecule has 3 heterocycles. The van der Waals surface area contributed by atoms with Crippen LogP contribution < -0.4 is 5.32 Å². The average Bonchev–Trinajstić information content (AvgIpc) is 3.72. The Morgan fingerprint density at radius 2 is 1.58 bits per heavy atom. The summed E-state index contributed by atoms with van der Waals surface area (Å²) < 4.78 is 6.18. The first-order chi connectivity index (χ1) is 21.6. The van der Waals surface area contributed by atoms with E-state index in [1.165, 1.54) is 37.3 Å². The number of aliphatic hydroxyl groups excluding tert-OH is 2. The van der Waals surface area contributed by atoms with Crippen molar-refractivity contribution in [3.05, 3.63) is 105 Å². The number of aliphatic hydroxyl groups is 2. The van der Waals surface area contributed by atoms with Crippen LogP contribution in [0.5, 0.6) is 5.75 Å². The maximum Gasteiger partial charge on any atom is 0.261 e. The lowest BCUT2D eigenvalue weighted by Crippen LogP contribution is -2.54. The van der Waals surface area contributed by atoms with Crippen molar-refractivity contribution in [2.45, 2.75) is 42.9 Å². The van der Waals surface area contributed by atoms with Gasteiger partial charge in [0.25, 0.3) is 11.8 Å². The van der Waals surface area contributed by atoms with Gasteiger partial charge in [-0.1, -0.05) is 41.9 Å². The molecule has 4 N–H and O–H groups in total. The predicted octanol–water partition coefficient (Wildman–Crippen LogP) is 2.04. The molecule has 3 aromatic carbocycles. The van der Waals surface area contributed by atoms with Gasteiger partial charge in [-0.15, -0.1) is 0 Å². The van der Waals surface area contributed by atoms with E-state index in [0.717, 1.165) is 4.90 Å². The summed E-state index contributed by atoms with van der Waals surface area (Å²) in [5.74, 6) is 8.56. The first-order valence-corrected chi connectivity index (χ1v) is 14.2. The third-order valence-corrected chi connectivity index (χ3v) is 9.24. The van der Waals surface area contributed by atoms with Crippen molar-refractivity contribution in [2.75, 3.05) is 5.32 Å². The van der Waals surface area contributed by atoms with Crippen LogP contribution in [-0.4, -0.2) is 67.5 Å². The number of phenolic OH excluding ortho intramolecular Hbond substituents is 1. The maximum atomic E-state index is 14.1. The first kappa shape index (κ1) is 27.1. The van der Waals surface area contributed by atoms with Gasteiger partial charge in [0.15, 0.2) is 28.9 Å². The molecule has 8 rings (SSSR count). The molecule has 2 bridgehead atoms. The Morgan fingerprint density at radius 3 is 2.27 bits per heavy atom. The van der Waals surface area contributed by atoms with E-state index < -0.39 is 58.6 Å². The summed E-state index contributed by atoms with van der Waals surface area (Å²) in [6.07, 6.45) is 0.310. The number of nitrogens with zero attached hydrogens (tertiary/aromatic N) is 1. The summed E-state index contributed by atoms with van der Waals surface area (Å²) in [6.45, 7) is 1.37. The average molecular weight is 599 g/mol. The second-order valence-corrected chi connectivity index (χ2v) is 11.5. The monoisotopic (exact) mass is 598 g/mol. The SMILES string of the molecule is C[C@@H](O)[C@@]12O[C@]13c1cc(O)c4c(c1N[C@H]2C#C/C=C\C#C[C@H]3O)C(=O)c1ccc(CN2C(=O)c3ccccc3C2=O)cc1C4=O. The molecule has 0 unspecified atom stereocenters. The van der Waals surface area contributed by atoms with E-state index in [1.807, 2.05) is 0 Å². The maximum absolute atomic E-state index is 14.1. The predicted molar refractivity (Wildman–Crippen MR) is 157 cm³/mol. The van der Waals surface area contributed by atoms with Gasteiger partial charge in [0, 0.05) is 16.7 Å². The van der Waals surface area contributed by atoms with Crippen molar-refractivity contribution >= 4 is 29.1 Å². The number of anilines is 1. The number of fused-ring (bicyclic) bond motifs is 5. The number of carbonyl (C=O) groups is 4. The molecular weight excluding hydrogens is 576 g/mol. The zero-order chi connectivity index (χ0) is 31.4. The van der Waals surface area contributed by atoms with Crippen molar-refractivity contribution in [1.82, 2.24) is 4.90 Å². The van der Waals surface area contributed by atoms with Crippen LogP contribution in [0.2, 0.25) is 0 Å². The van der Waals surface area contributed by atoms with Crippen LogP contribution in [0.15, 0.2) is 60.7 Å². The van der Waals surface area contributed by atoms with Gasteiger partial charge in [-0.25, -0.2) is 0 Å². The minimum atomic E-state index is -1.66. The zero-order valence-corrected chi connectivity index (χ0v) is 23.5. The summed E-state index contributed by atoms with van der Waals surface area (Å²) in [5, 5.41) is 36.7. The molecule has 2 amide bonds. The number of imide groups is 1. The number of ketones is 2. The Bertz CT molecular complexity index is 2090. The molecule has 5 atom stereocenters. The lowest BCUT2D eigenvalue weighted by Gasteiger charge is -2.37. The molecule has 5 aliphatic rings. The molecule has 10 heteroatoms. The fourth-order valence-electron chi connectivity index (χ4n) is 7.15. The van der Waals surface area contributed by atoms with Crippen molar-refractivity contribution < 1.29 is 39.2 Å². The standard InChI is InChI=1S/C35H22N2O8/c1-17(38)34-25-10-4-2-3-5-11-26(40)35(34,45-34)23-15-24(39)27-28(29(23)36-25)30(41)19-13-12-18(14-22(19)31(27)42)16-37-32(43)20-8-6-7-9-21(20)33(37)44/h2-3,6-9,12-15,17,25-26,36,38-40H,16H2,1H3/b3-2-/t17-,25+,26-,34+,35+/m1/s1. The quantitative estimate of drug-likeness (QED) is 0.120. The number of nitrogens with one attached hydrogen (secondary N) is 1. The highest BCUT2D eigenvalue weighted by molar-refractivity contribution is 6.31. The van der Waals surface area contributed by atoms with Gasteiger partial charge in [-0.2, -0.15) is 0 Å². The normalized spacial score (nSPS) is 27.7. The molecule has 1 saturated heterocycles. The van der Waals surface area contributed by atoms with Gasteiger partial charge in [0.1, 0.15) is 11.8 Å². The number of benzene rings is 3. The lowest BCUT2D eigenvalue weighted by molar-refractivity contribution is 0.0641. The molecule has 0 radical (unpaired) electrons. The molecule has 0 saturated carbocycles. The number of hydrogen-bond donors (Lipinski definition) is 4. The van der Waals surface area contributed by atoms with Gasteiger partial charge < -0.3 is 25.4 Å². The Hall–Kier alpha value is -5.52. The summed E-state index contributed by atoms with van der Waals surface area (Å²) in [7, 11) is 0. The number of epoxide rings is 1. The highest BCUT2D eigenvalue weighted by atomic mass is 16.7. The number of allylic oxidation sites excluding steroid dienone is 2. The third kappa shape index (κ3) is 3.30. The van der Waals surface area contributed by atoms with Crippen molar-refractivity contribution in [2.24, 2.45) is 0 Å². The molecule has 1 fully saturated rings. The summed E-state index contributed by atoms with van der Waals surface area (Å²) in [6, 6.07) is 11.3. The highest BCUT2D eigenvalue weighted by Crippen LogP contribution is 2.67. The molecule has 2 aliphatic carbocycles. The second kappa shape index (κ2) is 9.00. The number of carbonyl (C=O) groups excluding carboxylic acids is 4. The molecule has 10 nitrogen and oxygen atoms in total. The number of hydrogen-bond acceptors (Lipinski definition) is 9. The fourth-order valence-corrected chi connectivity index (χ4v) is 7.15. The van der Waals surface area contributed by atoms with E-state index in [2.05, 4.69) is 29.0 Å². The Balaban J connectivity index is 1.24. The van der Waals surface area contributed by atoms with Crippen molar-refractivity contribution in [1.29, 1.82) is 0 Å². The number of rotatable bonds is 3. The molecular formula is C35H22N2O8. The summed E-state index contributed by atoms with van der Waals surface area (Å²) in [5.41, 5.74) is -2.12. The molecule has 3 aliphatic heterocycles. The second-order valence-electron chi connectivity index (χ2n) is 11.5. The third-order valence-electron chi connectivity index (χ3n) is 9.24. The number of aromatic hydroxyl groups is 1. The van der Waals surface area contributed by atoms with Crippen LogP contribution in [0.4, 0.5) is 5.69 Å². The molecule has 0 spiro atoms. The highest BCUT2D eigenvalue weighted by Gasteiger charge is 2.82. The van der Waals surface area contributed by atoms with E-state index >= 15 is 0 Å². The molecule has 220 valence electrons. The number of ether oxygens (including phenoxy) is 1. The van der Waals surface area contributed by atoms with Crippen LogP contribution in [0.1, 0.15) is 70.6 Å².